The standard InChI is InChI=1S/C14H22O2.C2H6/c1-9-3-6-12-10(2)4-5-11(8-14(15)16)13(12)7-9;1-2/h7,9-12H,3-6,8H2,1-2H3,(H,15,16);1-2H3/t9?,10-,11+,12+;/m1./s1. The first kappa shape index (κ1) is 15.3. The molecule has 0 aliphatic heterocycles. The summed E-state index contributed by atoms with van der Waals surface area (Å²) in [7, 11) is 0. The lowest BCUT2D eigenvalue weighted by Crippen LogP contribution is -2.30. The van der Waals surface area contributed by atoms with Crippen LogP contribution >= 0.6 is 0 Å². The van der Waals surface area contributed by atoms with E-state index in [4.69, 9.17) is 5.11 Å². The fourth-order valence-electron chi connectivity index (χ4n) is 3.46. The van der Waals surface area contributed by atoms with Gasteiger partial charge in [0, 0.05) is 0 Å². The van der Waals surface area contributed by atoms with Crippen LogP contribution in [0.2, 0.25) is 0 Å². The highest BCUT2D eigenvalue weighted by Crippen LogP contribution is 2.45. The molecule has 2 nitrogen and oxygen atoms in total. The third-order valence-corrected chi connectivity index (χ3v) is 4.39. The van der Waals surface area contributed by atoms with Crippen molar-refractivity contribution in [3.05, 3.63) is 11.6 Å². The van der Waals surface area contributed by atoms with Crippen molar-refractivity contribution in [3.8, 4) is 0 Å². The van der Waals surface area contributed by atoms with Crippen LogP contribution in [0.25, 0.3) is 0 Å². The SMILES string of the molecule is CC.CC1C=C2[C@H](CC(=O)O)CC[C@@H](C)[C@@H]2CC1. The Morgan fingerprint density at radius 2 is 1.89 bits per heavy atom. The smallest absolute Gasteiger partial charge is 0.303 e. The highest BCUT2D eigenvalue weighted by molar-refractivity contribution is 5.67. The van der Waals surface area contributed by atoms with Crippen LogP contribution in [0.1, 0.15) is 59.8 Å². The van der Waals surface area contributed by atoms with Crippen LogP contribution in [0.3, 0.4) is 0 Å². The molecule has 4 atom stereocenters. The number of hydrogen-bond donors (Lipinski definition) is 1. The summed E-state index contributed by atoms with van der Waals surface area (Å²) in [5.41, 5.74) is 1.47. The Morgan fingerprint density at radius 1 is 1.22 bits per heavy atom. The molecule has 0 spiro atoms. The fourth-order valence-corrected chi connectivity index (χ4v) is 3.46. The fraction of sp³-hybridized carbons (Fsp3) is 0.812. The van der Waals surface area contributed by atoms with Gasteiger partial charge in [0.25, 0.3) is 0 Å². The van der Waals surface area contributed by atoms with Gasteiger partial charge in [-0.1, -0.05) is 39.3 Å². The van der Waals surface area contributed by atoms with Crippen molar-refractivity contribution in [2.45, 2.75) is 59.8 Å². The van der Waals surface area contributed by atoms with Crippen molar-refractivity contribution < 1.29 is 9.90 Å². The van der Waals surface area contributed by atoms with Crippen LogP contribution in [-0.2, 0) is 4.79 Å². The molecule has 0 bridgehead atoms. The van der Waals surface area contributed by atoms with Crippen molar-refractivity contribution in [3.63, 3.8) is 0 Å². The Hall–Kier alpha value is -0.790. The zero-order chi connectivity index (χ0) is 13.7. The molecule has 0 aromatic rings. The maximum absolute atomic E-state index is 10.9. The molecule has 0 heterocycles. The maximum Gasteiger partial charge on any atom is 0.303 e. The Labute approximate surface area is 111 Å². The van der Waals surface area contributed by atoms with Gasteiger partial charge in [-0.3, -0.25) is 4.79 Å². The second-order valence-electron chi connectivity index (χ2n) is 5.68. The Balaban J connectivity index is 0.000000771. The first-order valence-electron chi connectivity index (χ1n) is 7.51. The minimum atomic E-state index is -0.641. The molecule has 0 aromatic carbocycles. The molecule has 0 radical (unpaired) electrons. The van der Waals surface area contributed by atoms with Gasteiger partial charge in [-0.15, -0.1) is 0 Å². The summed E-state index contributed by atoms with van der Waals surface area (Å²) in [5, 5.41) is 8.96. The van der Waals surface area contributed by atoms with Crippen LogP contribution < -0.4 is 0 Å². The number of hydrogen-bond acceptors (Lipinski definition) is 1. The van der Waals surface area contributed by atoms with Crippen molar-refractivity contribution in [1.29, 1.82) is 0 Å². The molecular weight excluding hydrogens is 224 g/mol. The van der Waals surface area contributed by atoms with Gasteiger partial charge in [0.05, 0.1) is 6.42 Å². The van der Waals surface area contributed by atoms with Crippen molar-refractivity contribution in [1.82, 2.24) is 0 Å². The van der Waals surface area contributed by atoms with Gasteiger partial charge in [-0.2, -0.15) is 0 Å². The first-order valence-corrected chi connectivity index (χ1v) is 7.51. The predicted octanol–water partition coefficient (Wildman–Crippen LogP) is 4.51. The Bertz CT molecular complexity index is 306. The Kier molecular flexibility index (Phi) is 5.90. The van der Waals surface area contributed by atoms with E-state index in [2.05, 4.69) is 19.9 Å². The van der Waals surface area contributed by atoms with E-state index in [1.54, 1.807) is 0 Å². The molecule has 1 unspecified atom stereocenters. The number of fused-ring (bicyclic) bond motifs is 1. The van der Waals surface area contributed by atoms with Gasteiger partial charge in [-0.05, 0) is 49.4 Å². The van der Waals surface area contributed by atoms with Gasteiger partial charge >= 0.3 is 5.97 Å². The predicted molar refractivity (Wildman–Crippen MR) is 75.5 cm³/mol. The van der Waals surface area contributed by atoms with Crippen LogP contribution in [0.4, 0.5) is 0 Å². The summed E-state index contributed by atoms with van der Waals surface area (Å²) in [6, 6.07) is 0. The van der Waals surface area contributed by atoms with Gasteiger partial charge in [0.15, 0.2) is 0 Å². The average molecular weight is 252 g/mol. The summed E-state index contributed by atoms with van der Waals surface area (Å²) >= 11 is 0. The number of carboxylic acids is 1. The minimum absolute atomic E-state index is 0.321. The lowest BCUT2D eigenvalue weighted by Gasteiger charge is -2.40. The third-order valence-electron chi connectivity index (χ3n) is 4.39. The van der Waals surface area contributed by atoms with Gasteiger partial charge in [-0.25, -0.2) is 0 Å². The van der Waals surface area contributed by atoms with E-state index in [1.807, 2.05) is 13.8 Å². The first-order chi connectivity index (χ1) is 8.58. The summed E-state index contributed by atoms with van der Waals surface area (Å²) in [6.45, 7) is 8.58. The highest BCUT2D eigenvalue weighted by Gasteiger charge is 2.35. The van der Waals surface area contributed by atoms with Crippen molar-refractivity contribution >= 4 is 5.97 Å². The second kappa shape index (κ2) is 6.96. The van der Waals surface area contributed by atoms with E-state index in [-0.39, 0.29) is 0 Å². The van der Waals surface area contributed by atoms with E-state index in [0.29, 0.717) is 24.2 Å². The largest absolute Gasteiger partial charge is 0.481 e. The minimum Gasteiger partial charge on any atom is -0.481 e. The van der Waals surface area contributed by atoms with Crippen molar-refractivity contribution in [2.24, 2.45) is 23.7 Å². The molecule has 2 aliphatic rings. The number of carboxylic acid groups (broad SMARTS) is 1. The maximum atomic E-state index is 10.9. The number of aliphatic carboxylic acids is 1. The molecule has 1 saturated carbocycles. The normalized spacial score (nSPS) is 34.8. The third kappa shape index (κ3) is 3.60. The van der Waals surface area contributed by atoms with Gasteiger partial charge < -0.3 is 5.11 Å². The Morgan fingerprint density at radius 3 is 2.50 bits per heavy atom. The van der Waals surface area contributed by atoms with Gasteiger partial charge in [0.2, 0.25) is 0 Å². The number of carbonyl (C=O) groups is 1. The average Bonchev–Trinajstić information content (AvgIpc) is 2.35. The molecular formula is C16H28O2. The number of allylic oxidation sites excluding steroid dienone is 2. The molecule has 0 amide bonds. The summed E-state index contributed by atoms with van der Waals surface area (Å²) < 4.78 is 0. The molecule has 0 aromatic heterocycles. The summed E-state index contributed by atoms with van der Waals surface area (Å²) in [5.74, 6) is 1.75. The van der Waals surface area contributed by atoms with Gasteiger partial charge in [0.1, 0.15) is 0 Å². The monoisotopic (exact) mass is 252 g/mol. The number of rotatable bonds is 2. The zero-order valence-corrected chi connectivity index (χ0v) is 12.3. The van der Waals surface area contributed by atoms with E-state index >= 15 is 0 Å². The topological polar surface area (TPSA) is 37.3 Å². The van der Waals surface area contributed by atoms with E-state index in [1.165, 1.54) is 24.8 Å². The molecule has 0 saturated heterocycles. The van der Waals surface area contributed by atoms with Crippen molar-refractivity contribution in [2.75, 3.05) is 0 Å². The molecule has 18 heavy (non-hydrogen) atoms. The summed E-state index contributed by atoms with van der Waals surface area (Å²) in [6.07, 6.45) is 7.53. The van der Waals surface area contributed by atoms with Crippen LogP contribution in [0, 0.1) is 23.7 Å². The van der Waals surface area contributed by atoms with E-state index in [0.717, 1.165) is 12.3 Å². The zero-order valence-electron chi connectivity index (χ0n) is 12.3. The van der Waals surface area contributed by atoms with Crippen LogP contribution in [0.15, 0.2) is 11.6 Å². The van der Waals surface area contributed by atoms with E-state index in [9.17, 15) is 4.79 Å². The molecule has 2 heteroatoms. The van der Waals surface area contributed by atoms with E-state index < -0.39 is 5.97 Å². The highest BCUT2D eigenvalue weighted by atomic mass is 16.4. The lowest BCUT2D eigenvalue weighted by molar-refractivity contribution is -0.138. The quantitative estimate of drug-likeness (QED) is 0.734. The molecule has 2 aliphatic carbocycles. The van der Waals surface area contributed by atoms with Crippen LogP contribution in [0.5, 0.6) is 0 Å². The summed E-state index contributed by atoms with van der Waals surface area (Å²) in [4.78, 5) is 10.9. The lowest BCUT2D eigenvalue weighted by atomic mass is 9.65. The van der Waals surface area contributed by atoms with Crippen LogP contribution in [-0.4, -0.2) is 11.1 Å². The second-order valence-corrected chi connectivity index (χ2v) is 5.68. The molecule has 104 valence electrons. The molecule has 1 N–H and O–H groups in total. The molecule has 1 fully saturated rings. The molecule has 2 rings (SSSR count).